The molecule has 1 N–H and O–H groups in total. The van der Waals surface area contributed by atoms with E-state index in [0.717, 1.165) is 27.4 Å². The monoisotopic (exact) mass is 390 g/mol. The number of aromatic nitrogens is 1. The van der Waals surface area contributed by atoms with E-state index in [9.17, 15) is 4.79 Å². The van der Waals surface area contributed by atoms with Gasteiger partial charge in [-0.25, -0.2) is 4.98 Å². The summed E-state index contributed by atoms with van der Waals surface area (Å²) in [6.07, 6.45) is 1.32. The van der Waals surface area contributed by atoms with Crippen LogP contribution < -0.4 is 5.32 Å². The van der Waals surface area contributed by atoms with Crippen molar-refractivity contribution in [2.24, 2.45) is 0 Å². The summed E-state index contributed by atoms with van der Waals surface area (Å²) in [5.41, 5.74) is 3.41. The summed E-state index contributed by atoms with van der Waals surface area (Å²) in [4.78, 5) is 17.8. The molecule has 3 nitrogen and oxygen atoms in total. The van der Waals surface area contributed by atoms with E-state index in [-0.39, 0.29) is 5.91 Å². The lowest BCUT2D eigenvalue weighted by Crippen LogP contribution is -2.11. The Balaban J connectivity index is 1.48. The third-order valence-corrected chi connectivity index (χ3v) is 6.16. The number of hydrogen-bond acceptors (Lipinski definition) is 4. The second-order valence-electron chi connectivity index (χ2n) is 5.88. The first kappa shape index (κ1) is 18.2. The van der Waals surface area contributed by atoms with Crippen molar-refractivity contribution >= 4 is 56.0 Å². The molecule has 3 aromatic rings. The maximum absolute atomic E-state index is 12.1. The van der Waals surface area contributed by atoms with Crippen molar-refractivity contribution in [2.75, 3.05) is 11.1 Å². The molecule has 0 bridgehead atoms. The van der Waals surface area contributed by atoms with Crippen LogP contribution in [-0.4, -0.2) is 16.6 Å². The average Bonchev–Trinajstić information content (AvgIpc) is 2.94. The number of hydrogen-bond donors (Lipinski definition) is 1. The van der Waals surface area contributed by atoms with E-state index in [2.05, 4.69) is 36.3 Å². The first-order valence-corrected chi connectivity index (χ1v) is 10.3. The molecule has 1 aromatic heterocycles. The topological polar surface area (TPSA) is 42.0 Å². The first-order valence-electron chi connectivity index (χ1n) is 8.07. The maximum atomic E-state index is 12.1. The highest BCUT2D eigenvalue weighted by molar-refractivity contribution is 7.99. The Hall–Kier alpha value is -1.56. The Morgan fingerprint density at radius 1 is 1.20 bits per heavy atom. The minimum atomic E-state index is 0.0178. The van der Waals surface area contributed by atoms with Gasteiger partial charge in [0.15, 0.2) is 5.13 Å². The molecule has 25 heavy (non-hydrogen) atoms. The quantitative estimate of drug-likeness (QED) is 0.409. The highest BCUT2D eigenvalue weighted by Gasteiger charge is 2.09. The van der Waals surface area contributed by atoms with Gasteiger partial charge in [-0.05, 0) is 73.5 Å². The molecule has 130 valence electrons. The average molecular weight is 391 g/mol. The molecule has 0 atom stereocenters. The number of halogens is 1. The SMILES string of the molecule is Cc1cc2nc(NC(=O)CCCSc3ccc(Cl)cc3)sc2cc1C. The van der Waals surface area contributed by atoms with Gasteiger partial charge in [-0.2, -0.15) is 0 Å². The van der Waals surface area contributed by atoms with E-state index in [1.807, 2.05) is 24.3 Å². The van der Waals surface area contributed by atoms with E-state index < -0.39 is 0 Å². The number of rotatable bonds is 6. The van der Waals surface area contributed by atoms with Crippen LogP contribution in [0.4, 0.5) is 5.13 Å². The van der Waals surface area contributed by atoms with Crippen molar-refractivity contribution < 1.29 is 4.79 Å². The fourth-order valence-corrected chi connectivity index (χ4v) is 4.31. The van der Waals surface area contributed by atoms with Crippen molar-refractivity contribution in [1.29, 1.82) is 0 Å². The molecule has 0 aliphatic heterocycles. The number of aryl methyl sites for hydroxylation is 2. The lowest BCUT2D eigenvalue weighted by atomic mass is 10.1. The van der Waals surface area contributed by atoms with E-state index in [1.54, 1.807) is 11.8 Å². The number of fused-ring (bicyclic) bond motifs is 1. The van der Waals surface area contributed by atoms with E-state index in [1.165, 1.54) is 27.4 Å². The minimum Gasteiger partial charge on any atom is -0.302 e. The number of thiazole rings is 1. The number of nitrogens with zero attached hydrogens (tertiary/aromatic N) is 1. The van der Waals surface area contributed by atoms with Crippen LogP contribution >= 0.6 is 34.7 Å². The third kappa shape index (κ3) is 4.97. The number of carbonyl (C=O) groups excluding carboxylic acids is 1. The predicted octanol–water partition coefficient (Wildman–Crippen LogP) is 6.08. The van der Waals surface area contributed by atoms with Crippen molar-refractivity contribution in [3.63, 3.8) is 0 Å². The van der Waals surface area contributed by atoms with Crippen molar-refractivity contribution in [3.05, 3.63) is 52.5 Å². The van der Waals surface area contributed by atoms with Gasteiger partial charge in [0.2, 0.25) is 5.91 Å². The summed E-state index contributed by atoms with van der Waals surface area (Å²) in [5, 5.41) is 4.34. The number of carbonyl (C=O) groups is 1. The Kier molecular flexibility index (Phi) is 5.99. The second kappa shape index (κ2) is 8.21. The van der Waals surface area contributed by atoms with Crippen LogP contribution in [0.25, 0.3) is 10.2 Å². The standard InChI is InChI=1S/C19H19ClN2OS2/c1-12-10-16-17(11-13(12)2)25-19(21-16)22-18(23)4-3-9-24-15-7-5-14(20)6-8-15/h5-8,10-11H,3-4,9H2,1-2H3,(H,21,22,23). The fourth-order valence-electron chi connectivity index (χ4n) is 2.37. The summed E-state index contributed by atoms with van der Waals surface area (Å²) in [6.45, 7) is 4.16. The van der Waals surface area contributed by atoms with Gasteiger partial charge in [0.25, 0.3) is 0 Å². The first-order chi connectivity index (χ1) is 12.0. The summed E-state index contributed by atoms with van der Waals surface area (Å²) in [5.74, 6) is 0.914. The lowest BCUT2D eigenvalue weighted by Gasteiger charge is -2.02. The van der Waals surface area contributed by atoms with Crippen LogP contribution in [0.2, 0.25) is 5.02 Å². The van der Waals surface area contributed by atoms with Crippen LogP contribution in [0.5, 0.6) is 0 Å². The fraction of sp³-hybridized carbons (Fsp3) is 0.263. The highest BCUT2D eigenvalue weighted by atomic mass is 35.5. The summed E-state index contributed by atoms with van der Waals surface area (Å²) >= 11 is 9.13. The summed E-state index contributed by atoms with van der Waals surface area (Å²) in [7, 11) is 0. The van der Waals surface area contributed by atoms with Gasteiger partial charge < -0.3 is 5.32 Å². The molecule has 0 saturated heterocycles. The van der Waals surface area contributed by atoms with Crippen molar-refractivity contribution in [2.45, 2.75) is 31.6 Å². The Morgan fingerprint density at radius 3 is 2.68 bits per heavy atom. The van der Waals surface area contributed by atoms with Crippen LogP contribution in [-0.2, 0) is 4.79 Å². The number of thioether (sulfide) groups is 1. The van der Waals surface area contributed by atoms with Crippen LogP contribution in [0.1, 0.15) is 24.0 Å². The number of amides is 1. The van der Waals surface area contributed by atoms with E-state index in [0.29, 0.717) is 11.6 Å². The van der Waals surface area contributed by atoms with Gasteiger partial charge in [0, 0.05) is 16.3 Å². The van der Waals surface area contributed by atoms with E-state index in [4.69, 9.17) is 11.6 Å². The third-order valence-electron chi connectivity index (χ3n) is 3.88. The van der Waals surface area contributed by atoms with Gasteiger partial charge in [-0.15, -0.1) is 11.8 Å². The van der Waals surface area contributed by atoms with Crippen LogP contribution in [0, 0.1) is 13.8 Å². The number of benzene rings is 2. The van der Waals surface area contributed by atoms with Gasteiger partial charge in [0.1, 0.15) is 0 Å². The Bertz CT molecular complexity index is 851. The zero-order chi connectivity index (χ0) is 17.8. The highest BCUT2D eigenvalue weighted by Crippen LogP contribution is 2.28. The number of anilines is 1. The molecule has 6 heteroatoms. The molecule has 0 fully saturated rings. The zero-order valence-corrected chi connectivity index (χ0v) is 16.5. The molecule has 1 heterocycles. The van der Waals surface area contributed by atoms with Crippen LogP contribution in [0.3, 0.4) is 0 Å². The zero-order valence-electron chi connectivity index (χ0n) is 14.1. The largest absolute Gasteiger partial charge is 0.302 e. The molecular weight excluding hydrogens is 372 g/mol. The molecule has 1 amide bonds. The molecule has 3 rings (SSSR count). The predicted molar refractivity (Wildman–Crippen MR) is 109 cm³/mol. The second-order valence-corrected chi connectivity index (χ2v) is 8.51. The molecular formula is C19H19ClN2OS2. The molecule has 0 aliphatic carbocycles. The van der Waals surface area contributed by atoms with Gasteiger partial charge in [-0.1, -0.05) is 22.9 Å². The van der Waals surface area contributed by atoms with Gasteiger partial charge >= 0.3 is 0 Å². The number of nitrogens with one attached hydrogen (secondary N) is 1. The summed E-state index contributed by atoms with van der Waals surface area (Å²) in [6, 6.07) is 12.0. The Labute approximate surface area is 160 Å². The normalized spacial score (nSPS) is 11.0. The van der Waals surface area contributed by atoms with Gasteiger partial charge in [-0.3, -0.25) is 4.79 Å². The molecule has 0 radical (unpaired) electrons. The molecule has 0 unspecified atom stereocenters. The summed E-state index contributed by atoms with van der Waals surface area (Å²) < 4.78 is 1.11. The van der Waals surface area contributed by atoms with E-state index >= 15 is 0 Å². The van der Waals surface area contributed by atoms with Crippen molar-refractivity contribution in [3.8, 4) is 0 Å². The van der Waals surface area contributed by atoms with Gasteiger partial charge in [0.05, 0.1) is 10.2 Å². The van der Waals surface area contributed by atoms with Crippen molar-refractivity contribution in [1.82, 2.24) is 4.98 Å². The molecule has 0 aliphatic rings. The maximum Gasteiger partial charge on any atom is 0.226 e. The minimum absolute atomic E-state index is 0.0178. The molecule has 0 spiro atoms. The lowest BCUT2D eigenvalue weighted by molar-refractivity contribution is -0.116. The van der Waals surface area contributed by atoms with Crippen LogP contribution in [0.15, 0.2) is 41.3 Å². The Morgan fingerprint density at radius 2 is 1.92 bits per heavy atom. The molecule has 2 aromatic carbocycles. The molecule has 0 saturated carbocycles. The smallest absolute Gasteiger partial charge is 0.226 e.